The molecule has 0 bridgehead atoms. The lowest BCUT2D eigenvalue weighted by atomic mass is 10.2. The van der Waals surface area contributed by atoms with E-state index in [0.29, 0.717) is 11.4 Å². The van der Waals surface area contributed by atoms with E-state index in [0.717, 1.165) is 6.07 Å². The van der Waals surface area contributed by atoms with Gasteiger partial charge in [-0.2, -0.15) is 0 Å². The number of aliphatic carboxylic acids is 1. The number of anilines is 1. The summed E-state index contributed by atoms with van der Waals surface area (Å²) in [7, 11) is 0. The monoisotopic (exact) mass is 308 g/mol. The Labute approximate surface area is 124 Å². The second-order valence-electron chi connectivity index (χ2n) is 4.19. The molecule has 5 nitrogen and oxygen atoms in total. The number of halogens is 2. The van der Waals surface area contributed by atoms with Crippen LogP contribution in [0.4, 0.5) is 10.1 Å². The number of rotatable bonds is 4. The van der Waals surface area contributed by atoms with Gasteiger partial charge in [0.05, 0.1) is 29.0 Å². The molecule has 0 saturated heterocycles. The highest BCUT2D eigenvalue weighted by Crippen LogP contribution is 2.17. The van der Waals surface area contributed by atoms with Crippen molar-refractivity contribution in [1.29, 1.82) is 0 Å². The molecule has 0 aliphatic rings. The molecule has 0 aliphatic carbocycles. The van der Waals surface area contributed by atoms with Crippen LogP contribution in [-0.4, -0.2) is 22.0 Å². The number of nitrogens with zero attached hydrogens (tertiary/aromatic N) is 1. The molecule has 108 valence electrons. The van der Waals surface area contributed by atoms with E-state index >= 15 is 0 Å². The molecule has 0 fully saturated rings. The van der Waals surface area contributed by atoms with Crippen LogP contribution in [0.2, 0.25) is 5.02 Å². The van der Waals surface area contributed by atoms with Crippen molar-refractivity contribution in [3.05, 3.63) is 58.6 Å². The van der Waals surface area contributed by atoms with Gasteiger partial charge in [0.25, 0.3) is 5.91 Å². The topological polar surface area (TPSA) is 79.3 Å². The van der Waals surface area contributed by atoms with Crippen molar-refractivity contribution in [2.45, 2.75) is 6.42 Å². The summed E-state index contributed by atoms with van der Waals surface area (Å²) in [6.07, 6.45) is 1.16. The number of carbonyl (C=O) groups excluding carboxylic acids is 1. The van der Waals surface area contributed by atoms with Gasteiger partial charge in [-0.3, -0.25) is 14.6 Å². The highest BCUT2D eigenvalue weighted by molar-refractivity contribution is 6.31. The molecule has 7 heteroatoms. The minimum absolute atomic E-state index is 0.141. The lowest BCUT2D eigenvalue weighted by Gasteiger charge is -2.06. The maximum Gasteiger partial charge on any atom is 0.309 e. The molecule has 1 amide bonds. The Balaban J connectivity index is 2.08. The molecule has 1 aromatic heterocycles. The van der Waals surface area contributed by atoms with Crippen molar-refractivity contribution in [1.82, 2.24) is 4.98 Å². The molecule has 2 rings (SSSR count). The smallest absolute Gasteiger partial charge is 0.309 e. The fourth-order valence-corrected chi connectivity index (χ4v) is 1.78. The highest BCUT2D eigenvalue weighted by Gasteiger charge is 2.09. The Morgan fingerprint density at radius 2 is 2.05 bits per heavy atom. The van der Waals surface area contributed by atoms with Crippen LogP contribution in [0.1, 0.15) is 16.1 Å². The average Bonchev–Trinajstić information content (AvgIpc) is 2.43. The van der Waals surface area contributed by atoms with E-state index in [9.17, 15) is 14.0 Å². The first-order valence-electron chi connectivity index (χ1n) is 5.89. The van der Waals surface area contributed by atoms with Crippen LogP contribution in [0.3, 0.4) is 0 Å². The molecule has 0 saturated carbocycles. The number of amides is 1. The predicted octanol–water partition coefficient (Wildman–Crippen LogP) is 2.75. The van der Waals surface area contributed by atoms with E-state index < -0.39 is 17.7 Å². The van der Waals surface area contributed by atoms with Crippen LogP contribution in [0.15, 0.2) is 36.5 Å². The van der Waals surface area contributed by atoms with Crippen molar-refractivity contribution in [2.75, 3.05) is 5.32 Å². The van der Waals surface area contributed by atoms with Crippen LogP contribution in [0, 0.1) is 5.82 Å². The number of carboxylic acid groups (broad SMARTS) is 1. The number of benzene rings is 1. The number of pyridine rings is 1. The van der Waals surface area contributed by atoms with E-state index in [4.69, 9.17) is 16.7 Å². The predicted molar refractivity (Wildman–Crippen MR) is 74.9 cm³/mol. The molecule has 1 heterocycles. The number of carboxylic acids is 1. The van der Waals surface area contributed by atoms with Gasteiger partial charge in [0, 0.05) is 5.56 Å². The van der Waals surface area contributed by atoms with E-state index in [1.165, 1.54) is 30.5 Å². The molecule has 0 unspecified atom stereocenters. The van der Waals surface area contributed by atoms with Crippen molar-refractivity contribution >= 4 is 29.2 Å². The standard InChI is InChI=1S/C14H10ClFN2O3/c15-11-5-8(1-4-12(11)16)14(21)18-10-3-2-9(17-7-10)6-13(19)20/h1-5,7H,6H2,(H,18,21)(H,19,20). The molecular weight excluding hydrogens is 299 g/mol. The second kappa shape index (κ2) is 6.32. The van der Waals surface area contributed by atoms with Crippen LogP contribution in [0.25, 0.3) is 0 Å². The van der Waals surface area contributed by atoms with Crippen molar-refractivity contribution in [2.24, 2.45) is 0 Å². The average molecular weight is 309 g/mol. The summed E-state index contributed by atoms with van der Waals surface area (Å²) in [5.74, 6) is -2.06. The van der Waals surface area contributed by atoms with Gasteiger partial charge in [0.2, 0.25) is 0 Å². The summed E-state index contributed by atoms with van der Waals surface area (Å²) in [6, 6.07) is 6.67. The molecule has 21 heavy (non-hydrogen) atoms. The normalized spacial score (nSPS) is 10.2. The fourth-order valence-electron chi connectivity index (χ4n) is 1.60. The van der Waals surface area contributed by atoms with Crippen molar-refractivity contribution in [3.8, 4) is 0 Å². The minimum Gasteiger partial charge on any atom is -0.481 e. The van der Waals surface area contributed by atoms with Crippen LogP contribution in [0.5, 0.6) is 0 Å². The van der Waals surface area contributed by atoms with Gasteiger partial charge >= 0.3 is 5.97 Å². The number of nitrogens with one attached hydrogen (secondary N) is 1. The third-order valence-electron chi connectivity index (χ3n) is 2.60. The molecule has 2 aromatic rings. The summed E-state index contributed by atoms with van der Waals surface area (Å²) >= 11 is 5.61. The molecule has 0 radical (unpaired) electrons. The zero-order chi connectivity index (χ0) is 15.4. The zero-order valence-corrected chi connectivity index (χ0v) is 11.4. The first-order valence-corrected chi connectivity index (χ1v) is 6.26. The Hall–Kier alpha value is -2.47. The van der Waals surface area contributed by atoms with Crippen LogP contribution < -0.4 is 5.32 Å². The summed E-state index contributed by atoms with van der Waals surface area (Å²) in [6.45, 7) is 0. The number of carbonyl (C=O) groups is 2. The number of hydrogen-bond acceptors (Lipinski definition) is 3. The van der Waals surface area contributed by atoms with Crippen LogP contribution >= 0.6 is 11.6 Å². The van der Waals surface area contributed by atoms with Crippen molar-refractivity contribution < 1.29 is 19.1 Å². The first kappa shape index (κ1) is 14.9. The molecule has 2 N–H and O–H groups in total. The molecular formula is C14H10ClFN2O3. The maximum atomic E-state index is 13.0. The van der Waals surface area contributed by atoms with Gasteiger partial charge in [-0.05, 0) is 30.3 Å². The molecule has 1 aromatic carbocycles. The molecule has 0 atom stereocenters. The summed E-state index contributed by atoms with van der Waals surface area (Å²) in [5.41, 5.74) is 0.982. The Bertz CT molecular complexity index is 689. The lowest BCUT2D eigenvalue weighted by Crippen LogP contribution is -2.12. The second-order valence-corrected chi connectivity index (χ2v) is 4.60. The Morgan fingerprint density at radius 3 is 2.62 bits per heavy atom. The number of aromatic nitrogens is 1. The Morgan fingerprint density at radius 1 is 1.29 bits per heavy atom. The fraction of sp³-hybridized carbons (Fsp3) is 0.0714. The first-order chi connectivity index (χ1) is 9.95. The summed E-state index contributed by atoms with van der Waals surface area (Å²) in [5, 5.41) is 11.0. The van der Waals surface area contributed by atoms with Gasteiger partial charge in [-0.25, -0.2) is 4.39 Å². The third-order valence-corrected chi connectivity index (χ3v) is 2.89. The van der Waals surface area contributed by atoms with Gasteiger partial charge < -0.3 is 10.4 Å². The van der Waals surface area contributed by atoms with E-state index in [1.807, 2.05) is 0 Å². The van der Waals surface area contributed by atoms with Gasteiger partial charge in [-0.1, -0.05) is 11.6 Å². The maximum absolute atomic E-state index is 13.0. The molecule has 0 spiro atoms. The van der Waals surface area contributed by atoms with E-state index in [1.54, 1.807) is 0 Å². The van der Waals surface area contributed by atoms with E-state index in [-0.39, 0.29) is 17.0 Å². The number of hydrogen-bond donors (Lipinski definition) is 2. The van der Waals surface area contributed by atoms with Gasteiger partial charge in [-0.15, -0.1) is 0 Å². The lowest BCUT2D eigenvalue weighted by molar-refractivity contribution is -0.136. The van der Waals surface area contributed by atoms with Gasteiger partial charge in [0.1, 0.15) is 5.82 Å². The quantitative estimate of drug-likeness (QED) is 0.910. The molecule has 0 aliphatic heterocycles. The Kier molecular flexibility index (Phi) is 4.49. The van der Waals surface area contributed by atoms with Gasteiger partial charge in [0.15, 0.2) is 0 Å². The SMILES string of the molecule is O=C(O)Cc1ccc(NC(=O)c2ccc(F)c(Cl)c2)cn1. The third kappa shape index (κ3) is 4.00. The van der Waals surface area contributed by atoms with E-state index in [2.05, 4.69) is 10.3 Å². The zero-order valence-electron chi connectivity index (χ0n) is 10.6. The summed E-state index contributed by atoms with van der Waals surface area (Å²) in [4.78, 5) is 26.4. The minimum atomic E-state index is -0.986. The van der Waals surface area contributed by atoms with Crippen molar-refractivity contribution in [3.63, 3.8) is 0 Å². The van der Waals surface area contributed by atoms with Crippen LogP contribution in [-0.2, 0) is 11.2 Å². The highest BCUT2D eigenvalue weighted by atomic mass is 35.5. The largest absolute Gasteiger partial charge is 0.481 e. The summed E-state index contributed by atoms with van der Waals surface area (Å²) < 4.78 is 13.0.